The van der Waals surface area contributed by atoms with Gasteiger partial charge in [-0.25, -0.2) is 9.78 Å². The molecule has 9 nitrogen and oxygen atoms in total. The van der Waals surface area contributed by atoms with Crippen molar-refractivity contribution in [3.05, 3.63) is 33.5 Å². The van der Waals surface area contributed by atoms with Gasteiger partial charge in [0.25, 0.3) is 17.0 Å². The largest absolute Gasteiger partial charge is 0.465 e. The molecule has 0 spiro atoms. The summed E-state index contributed by atoms with van der Waals surface area (Å²) >= 11 is 1.09. The Kier molecular flexibility index (Phi) is 2.73. The van der Waals surface area contributed by atoms with Gasteiger partial charge >= 0.3 is 5.69 Å². The summed E-state index contributed by atoms with van der Waals surface area (Å²) in [6.07, 6.45) is 0.0474. The summed E-state index contributed by atoms with van der Waals surface area (Å²) in [5, 5.41) is 11.8. The van der Waals surface area contributed by atoms with Gasteiger partial charge in [0.05, 0.1) is 1.37 Å². The van der Waals surface area contributed by atoms with Crippen molar-refractivity contribution in [1.82, 2.24) is 29.9 Å². The van der Waals surface area contributed by atoms with Crippen LogP contribution < -0.4 is 10.4 Å². The molecule has 3 aromatic rings. The maximum absolute atomic E-state index is 13.6. The van der Waals surface area contributed by atoms with Gasteiger partial charge < -0.3 is 9.26 Å². The Morgan fingerprint density at radius 3 is 3.10 bits per heavy atom. The Bertz CT molecular complexity index is 839. The third-order valence-electron chi connectivity index (χ3n) is 2.34. The minimum atomic E-state index is -0.926. The third kappa shape index (κ3) is 2.07. The Balaban J connectivity index is 1.90. The zero-order valence-corrected chi connectivity index (χ0v) is 10.8. The molecule has 0 aliphatic rings. The summed E-state index contributed by atoms with van der Waals surface area (Å²) in [7, 11) is 1.39. The van der Waals surface area contributed by atoms with E-state index >= 15 is 0 Å². The van der Waals surface area contributed by atoms with Crippen LogP contribution in [-0.4, -0.2) is 29.9 Å². The summed E-state index contributed by atoms with van der Waals surface area (Å²) < 4.78 is 32.6. The van der Waals surface area contributed by atoms with E-state index in [1.165, 1.54) is 12.4 Å². The van der Waals surface area contributed by atoms with E-state index in [9.17, 15) is 9.18 Å². The lowest BCUT2D eigenvalue weighted by molar-refractivity contribution is 0.297. The predicted octanol–water partition coefficient (Wildman–Crippen LogP) is 0.129. The second-order valence-corrected chi connectivity index (χ2v) is 4.41. The molecule has 0 bridgehead atoms. The maximum atomic E-state index is 13.6. The van der Waals surface area contributed by atoms with E-state index in [4.69, 9.17) is 10.6 Å². The van der Waals surface area contributed by atoms with Gasteiger partial charge in [-0.2, -0.15) is 9.07 Å². The Hall–Kier alpha value is -2.56. The fraction of sp³-hybridized carbons (Fsp3) is 0.222. The lowest BCUT2D eigenvalue weighted by Gasteiger charge is -2.00. The van der Waals surface area contributed by atoms with E-state index in [1.807, 2.05) is 0 Å². The van der Waals surface area contributed by atoms with Gasteiger partial charge in [-0.05, 0) is 15.6 Å². The van der Waals surface area contributed by atoms with Crippen LogP contribution in [0.25, 0.3) is 5.88 Å². The Morgan fingerprint density at radius 2 is 2.45 bits per heavy atom. The molecule has 0 saturated heterocycles. The first kappa shape index (κ1) is 11.3. The number of hydrogen-bond acceptors (Lipinski definition) is 8. The van der Waals surface area contributed by atoms with Crippen molar-refractivity contribution in [3.63, 3.8) is 0 Å². The monoisotopic (exact) mass is 300 g/mol. The van der Waals surface area contributed by atoms with Crippen LogP contribution in [0, 0.1) is 5.95 Å². The highest BCUT2D eigenvalue weighted by molar-refractivity contribution is 7.11. The van der Waals surface area contributed by atoms with Crippen molar-refractivity contribution in [2.45, 2.75) is 6.61 Å². The van der Waals surface area contributed by atoms with Crippen LogP contribution in [0.3, 0.4) is 0 Å². The molecule has 0 fully saturated rings. The molecule has 3 heterocycles. The lowest BCUT2D eigenvalue weighted by atomic mass is 10.3. The van der Waals surface area contributed by atoms with E-state index in [1.54, 1.807) is 0 Å². The SMILES string of the molecule is [3H]c1csc(OCc2c(F)noc2-n2nnn(C)c2=O)n1. The van der Waals surface area contributed by atoms with Gasteiger partial charge in [0, 0.05) is 18.6 Å². The second kappa shape index (κ2) is 4.85. The van der Waals surface area contributed by atoms with Crippen molar-refractivity contribution >= 4 is 11.3 Å². The summed E-state index contributed by atoms with van der Waals surface area (Å²) in [6.45, 7) is -0.277. The topological polar surface area (TPSA) is 101 Å². The van der Waals surface area contributed by atoms with Crippen LogP contribution in [0.5, 0.6) is 5.19 Å². The molecule has 0 aliphatic heterocycles. The Labute approximate surface area is 115 Å². The molecule has 0 N–H and O–H groups in total. The molecule has 0 aromatic carbocycles. The van der Waals surface area contributed by atoms with Crippen LogP contribution >= 0.6 is 11.3 Å². The number of ether oxygens (including phenoxy) is 1. The van der Waals surface area contributed by atoms with E-state index < -0.39 is 11.6 Å². The summed E-state index contributed by atoms with van der Waals surface area (Å²) in [4.78, 5) is 15.5. The molecular formula is C9H7FN6O3S. The number of aryl methyl sites for hydroxylation is 1. The number of halogens is 1. The smallest absolute Gasteiger partial charge is 0.370 e. The van der Waals surface area contributed by atoms with Crippen LogP contribution in [0.15, 0.2) is 20.9 Å². The zero-order chi connectivity index (χ0) is 15.0. The van der Waals surface area contributed by atoms with Crippen molar-refractivity contribution in [2.24, 2.45) is 7.05 Å². The minimum absolute atomic E-state index is 0.0474. The van der Waals surface area contributed by atoms with Gasteiger partial charge in [0.15, 0.2) is 0 Å². The minimum Gasteiger partial charge on any atom is -0.465 e. The second-order valence-electron chi connectivity index (χ2n) is 3.59. The summed E-state index contributed by atoms with van der Waals surface area (Å²) in [5.74, 6) is -1.14. The van der Waals surface area contributed by atoms with Gasteiger partial charge in [-0.15, -0.1) is 4.68 Å². The van der Waals surface area contributed by atoms with E-state index in [0.717, 1.165) is 20.7 Å². The van der Waals surface area contributed by atoms with Crippen molar-refractivity contribution in [2.75, 3.05) is 0 Å². The molecule has 104 valence electrons. The van der Waals surface area contributed by atoms with Gasteiger partial charge in [-0.3, -0.25) is 0 Å². The summed E-state index contributed by atoms with van der Waals surface area (Å²) in [6, 6.07) is 0. The molecule has 11 heteroatoms. The zero-order valence-electron chi connectivity index (χ0n) is 11.0. The molecule has 3 aromatic heterocycles. The van der Waals surface area contributed by atoms with Crippen molar-refractivity contribution in [3.8, 4) is 11.1 Å². The molecule has 0 aliphatic carbocycles. The Morgan fingerprint density at radius 1 is 1.60 bits per heavy atom. The van der Waals surface area contributed by atoms with Crippen LogP contribution in [0.2, 0.25) is 0 Å². The van der Waals surface area contributed by atoms with Crippen LogP contribution in [-0.2, 0) is 13.7 Å². The third-order valence-corrected chi connectivity index (χ3v) is 2.98. The normalized spacial score (nSPS) is 11.6. The average molecular weight is 300 g/mol. The van der Waals surface area contributed by atoms with Crippen LogP contribution in [0.1, 0.15) is 6.93 Å². The highest BCUT2D eigenvalue weighted by atomic mass is 32.1. The van der Waals surface area contributed by atoms with Crippen molar-refractivity contribution < 1.29 is 15.0 Å². The molecule has 0 amide bonds. The number of rotatable bonds is 4. The standard InChI is InChI=1S/C9H7FN6O3S/c1-15-9(17)16(14-13-15)7-5(6(10)12-19-7)4-18-8-11-2-3-20-8/h2-3H,4H2,1H3/i2T. The lowest BCUT2D eigenvalue weighted by Crippen LogP contribution is -2.22. The molecule has 20 heavy (non-hydrogen) atoms. The molecule has 3 rings (SSSR count). The molecule has 0 radical (unpaired) electrons. The summed E-state index contributed by atoms with van der Waals surface area (Å²) in [5.41, 5.74) is -0.713. The first-order chi connectivity index (χ1) is 10.1. The fourth-order valence-electron chi connectivity index (χ4n) is 1.39. The quantitative estimate of drug-likeness (QED) is 0.675. The van der Waals surface area contributed by atoms with Gasteiger partial charge in [-0.1, -0.05) is 11.3 Å². The van der Waals surface area contributed by atoms with Gasteiger partial charge in [0.2, 0.25) is 0 Å². The maximum Gasteiger partial charge on any atom is 0.370 e. The number of aromatic nitrogens is 6. The number of nitrogens with zero attached hydrogens (tertiary/aromatic N) is 6. The fourth-order valence-corrected chi connectivity index (χ4v) is 1.83. The molecular weight excluding hydrogens is 291 g/mol. The van der Waals surface area contributed by atoms with E-state index in [-0.39, 0.29) is 29.4 Å². The number of hydrogen-bond donors (Lipinski definition) is 0. The first-order valence-corrected chi connectivity index (χ1v) is 6.12. The molecule has 0 unspecified atom stereocenters. The highest BCUT2D eigenvalue weighted by Crippen LogP contribution is 2.20. The van der Waals surface area contributed by atoms with Gasteiger partial charge in [0.1, 0.15) is 12.2 Å². The van der Waals surface area contributed by atoms with E-state index in [0.29, 0.717) is 0 Å². The molecule has 0 saturated carbocycles. The average Bonchev–Trinajstić information content (AvgIpc) is 3.11. The van der Waals surface area contributed by atoms with Crippen LogP contribution in [0.4, 0.5) is 4.39 Å². The molecule has 0 atom stereocenters. The predicted molar refractivity (Wildman–Crippen MR) is 63.1 cm³/mol. The number of tetrazole rings is 1. The highest BCUT2D eigenvalue weighted by Gasteiger charge is 2.22. The number of thiazole rings is 1. The first-order valence-electron chi connectivity index (χ1n) is 5.74. The van der Waals surface area contributed by atoms with Crippen molar-refractivity contribution in [1.29, 1.82) is 0 Å². The van der Waals surface area contributed by atoms with E-state index in [2.05, 4.69) is 20.6 Å².